The molecule has 0 aliphatic carbocycles. The number of benzene rings is 1. The first-order valence-corrected chi connectivity index (χ1v) is 7.24. The van der Waals surface area contributed by atoms with Gasteiger partial charge in [0.1, 0.15) is 5.75 Å². The summed E-state index contributed by atoms with van der Waals surface area (Å²) < 4.78 is 5.71. The number of ether oxygens (including phenoxy) is 1. The molecular formula is C16H25NO. The molecule has 1 heterocycles. The predicted molar refractivity (Wildman–Crippen MR) is 76.0 cm³/mol. The van der Waals surface area contributed by atoms with Gasteiger partial charge in [-0.25, -0.2) is 0 Å². The summed E-state index contributed by atoms with van der Waals surface area (Å²) in [5, 5.41) is 3.80. The van der Waals surface area contributed by atoms with Crippen molar-refractivity contribution < 1.29 is 4.74 Å². The van der Waals surface area contributed by atoms with Crippen LogP contribution in [0.15, 0.2) is 24.3 Å². The number of rotatable bonds is 5. The van der Waals surface area contributed by atoms with Crippen molar-refractivity contribution in [3.05, 3.63) is 29.8 Å². The summed E-state index contributed by atoms with van der Waals surface area (Å²) in [4.78, 5) is 0. The van der Waals surface area contributed by atoms with E-state index in [1.165, 1.54) is 18.4 Å². The molecule has 1 N–H and O–H groups in total. The van der Waals surface area contributed by atoms with E-state index in [1.54, 1.807) is 0 Å². The van der Waals surface area contributed by atoms with E-state index >= 15 is 0 Å². The first-order valence-electron chi connectivity index (χ1n) is 7.24. The van der Waals surface area contributed by atoms with Crippen molar-refractivity contribution in [2.45, 2.75) is 52.1 Å². The molecule has 0 saturated heterocycles. The van der Waals surface area contributed by atoms with E-state index < -0.39 is 0 Å². The molecule has 100 valence electrons. The fraction of sp³-hybridized carbons (Fsp3) is 0.625. The molecule has 1 aliphatic rings. The van der Waals surface area contributed by atoms with Crippen LogP contribution < -0.4 is 10.1 Å². The number of fused-ring (bicyclic) bond motifs is 1. The van der Waals surface area contributed by atoms with E-state index in [0.717, 1.165) is 24.7 Å². The van der Waals surface area contributed by atoms with Gasteiger partial charge in [-0.3, -0.25) is 0 Å². The molecule has 2 unspecified atom stereocenters. The van der Waals surface area contributed by atoms with E-state index in [9.17, 15) is 0 Å². The summed E-state index contributed by atoms with van der Waals surface area (Å²) in [6.45, 7) is 7.70. The van der Waals surface area contributed by atoms with E-state index in [1.807, 2.05) is 6.07 Å². The van der Waals surface area contributed by atoms with Gasteiger partial charge in [-0.05, 0) is 18.9 Å². The van der Waals surface area contributed by atoms with Crippen LogP contribution in [0, 0.1) is 5.92 Å². The van der Waals surface area contributed by atoms with Crippen LogP contribution in [0.4, 0.5) is 0 Å². The number of hydrogen-bond donors (Lipinski definition) is 1. The molecule has 2 heteroatoms. The van der Waals surface area contributed by atoms with E-state index in [-0.39, 0.29) is 0 Å². The highest BCUT2D eigenvalue weighted by atomic mass is 16.5. The van der Waals surface area contributed by atoms with E-state index in [2.05, 4.69) is 44.3 Å². The Hall–Kier alpha value is -1.02. The molecule has 2 atom stereocenters. The smallest absolute Gasteiger partial charge is 0.124 e. The molecule has 0 bridgehead atoms. The Morgan fingerprint density at radius 1 is 1.28 bits per heavy atom. The lowest BCUT2D eigenvalue weighted by molar-refractivity contribution is 0.229. The van der Waals surface area contributed by atoms with Crippen LogP contribution in [0.25, 0.3) is 0 Å². The first-order chi connectivity index (χ1) is 8.76. The first kappa shape index (κ1) is 13.4. The molecule has 0 aromatic heterocycles. The molecule has 1 aromatic rings. The van der Waals surface area contributed by atoms with Gasteiger partial charge in [-0.2, -0.15) is 0 Å². The summed E-state index contributed by atoms with van der Waals surface area (Å²) >= 11 is 0. The van der Waals surface area contributed by atoms with Gasteiger partial charge in [-0.1, -0.05) is 44.9 Å². The second-order valence-corrected chi connectivity index (χ2v) is 5.26. The Morgan fingerprint density at radius 3 is 2.72 bits per heavy atom. The monoisotopic (exact) mass is 247 g/mol. The van der Waals surface area contributed by atoms with Crippen LogP contribution in [-0.2, 0) is 0 Å². The predicted octanol–water partition coefficient (Wildman–Crippen LogP) is 3.92. The lowest BCUT2D eigenvalue weighted by Gasteiger charge is -2.32. The second-order valence-electron chi connectivity index (χ2n) is 5.26. The summed E-state index contributed by atoms with van der Waals surface area (Å²) in [7, 11) is 0. The van der Waals surface area contributed by atoms with Crippen molar-refractivity contribution in [1.82, 2.24) is 5.32 Å². The SMILES string of the molecule is CCC(CC)C(C)NC1CCOc2ccccc21. The minimum absolute atomic E-state index is 0.450. The van der Waals surface area contributed by atoms with Gasteiger partial charge >= 0.3 is 0 Å². The van der Waals surface area contributed by atoms with Gasteiger partial charge < -0.3 is 10.1 Å². The third-order valence-electron chi connectivity index (χ3n) is 4.18. The molecule has 0 saturated carbocycles. The quantitative estimate of drug-likeness (QED) is 0.851. The minimum Gasteiger partial charge on any atom is -0.493 e. The molecule has 2 rings (SSSR count). The van der Waals surface area contributed by atoms with Gasteiger partial charge in [0.2, 0.25) is 0 Å². The molecule has 0 amide bonds. The van der Waals surface area contributed by atoms with Crippen LogP contribution in [0.1, 0.15) is 51.6 Å². The summed E-state index contributed by atoms with van der Waals surface area (Å²) in [6, 6.07) is 9.42. The average molecular weight is 247 g/mol. The van der Waals surface area contributed by atoms with Crippen LogP contribution >= 0.6 is 0 Å². The Kier molecular flexibility index (Phi) is 4.65. The number of para-hydroxylation sites is 1. The Balaban J connectivity index is 2.07. The molecule has 18 heavy (non-hydrogen) atoms. The van der Waals surface area contributed by atoms with Crippen molar-refractivity contribution in [1.29, 1.82) is 0 Å². The fourth-order valence-corrected chi connectivity index (χ4v) is 2.96. The van der Waals surface area contributed by atoms with Gasteiger partial charge in [0, 0.05) is 24.1 Å². The van der Waals surface area contributed by atoms with Crippen molar-refractivity contribution in [3.63, 3.8) is 0 Å². The lowest BCUT2D eigenvalue weighted by atomic mass is 9.92. The zero-order valence-corrected chi connectivity index (χ0v) is 11.8. The maximum absolute atomic E-state index is 5.71. The van der Waals surface area contributed by atoms with Crippen LogP contribution in [0.5, 0.6) is 5.75 Å². The molecule has 0 spiro atoms. The fourth-order valence-electron chi connectivity index (χ4n) is 2.96. The average Bonchev–Trinajstić information content (AvgIpc) is 2.40. The molecule has 1 aliphatic heterocycles. The maximum Gasteiger partial charge on any atom is 0.124 e. The summed E-state index contributed by atoms with van der Waals surface area (Å²) in [5.41, 5.74) is 1.32. The molecule has 2 nitrogen and oxygen atoms in total. The number of hydrogen-bond acceptors (Lipinski definition) is 2. The molecule has 0 fully saturated rings. The second kappa shape index (κ2) is 6.24. The minimum atomic E-state index is 0.450. The maximum atomic E-state index is 5.71. The highest BCUT2D eigenvalue weighted by Crippen LogP contribution is 2.32. The van der Waals surface area contributed by atoms with Gasteiger partial charge in [0.15, 0.2) is 0 Å². The third kappa shape index (κ3) is 2.86. The highest BCUT2D eigenvalue weighted by Gasteiger charge is 2.24. The van der Waals surface area contributed by atoms with Crippen LogP contribution in [-0.4, -0.2) is 12.6 Å². The van der Waals surface area contributed by atoms with Gasteiger partial charge in [-0.15, -0.1) is 0 Å². The zero-order chi connectivity index (χ0) is 13.0. The summed E-state index contributed by atoms with van der Waals surface area (Å²) in [6.07, 6.45) is 3.56. The number of nitrogens with one attached hydrogen (secondary N) is 1. The Bertz CT molecular complexity index is 373. The summed E-state index contributed by atoms with van der Waals surface area (Å²) in [5.74, 6) is 1.82. The van der Waals surface area contributed by atoms with Crippen molar-refractivity contribution in [2.75, 3.05) is 6.61 Å². The van der Waals surface area contributed by atoms with Crippen molar-refractivity contribution in [3.8, 4) is 5.75 Å². The van der Waals surface area contributed by atoms with E-state index in [0.29, 0.717) is 12.1 Å². The van der Waals surface area contributed by atoms with Gasteiger partial charge in [0.25, 0.3) is 0 Å². The van der Waals surface area contributed by atoms with Crippen molar-refractivity contribution in [2.24, 2.45) is 5.92 Å². The van der Waals surface area contributed by atoms with Crippen LogP contribution in [0.3, 0.4) is 0 Å². The topological polar surface area (TPSA) is 21.3 Å². The highest BCUT2D eigenvalue weighted by molar-refractivity contribution is 5.37. The van der Waals surface area contributed by atoms with Crippen LogP contribution in [0.2, 0.25) is 0 Å². The Labute approximate surface area is 111 Å². The Morgan fingerprint density at radius 2 is 2.00 bits per heavy atom. The normalized spacial score (nSPS) is 20.3. The zero-order valence-electron chi connectivity index (χ0n) is 11.8. The van der Waals surface area contributed by atoms with Crippen molar-refractivity contribution >= 4 is 0 Å². The standard InChI is InChI=1S/C16H25NO/c1-4-13(5-2)12(3)17-15-10-11-18-16-9-7-6-8-14(15)16/h6-9,12-13,15,17H,4-5,10-11H2,1-3H3. The molecular weight excluding hydrogens is 222 g/mol. The molecule has 1 aromatic carbocycles. The van der Waals surface area contributed by atoms with Gasteiger partial charge in [0.05, 0.1) is 6.61 Å². The largest absolute Gasteiger partial charge is 0.493 e. The third-order valence-corrected chi connectivity index (χ3v) is 4.18. The lowest BCUT2D eigenvalue weighted by Crippen LogP contribution is -2.38. The molecule has 0 radical (unpaired) electrons. The van der Waals surface area contributed by atoms with E-state index in [4.69, 9.17) is 4.74 Å².